The van der Waals surface area contributed by atoms with E-state index in [1.54, 1.807) is 11.3 Å². The molecule has 11 aromatic rings. The predicted molar refractivity (Wildman–Crippen MR) is 233 cm³/mol. The highest BCUT2D eigenvalue weighted by atomic mass is 32.1. The van der Waals surface area contributed by atoms with E-state index in [4.69, 9.17) is 19.4 Å². The Balaban J connectivity index is 1.07. The van der Waals surface area contributed by atoms with Gasteiger partial charge in [0, 0.05) is 53.2 Å². The van der Waals surface area contributed by atoms with Crippen LogP contribution in [-0.2, 0) is 0 Å². The van der Waals surface area contributed by atoms with Crippen molar-refractivity contribution in [3.8, 4) is 67.5 Å². The molecule has 0 unspecified atom stereocenters. The van der Waals surface area contributed by atoms with Crippen molar-refractivity contribution in [3.63, 3.8) is 0 Å². The average Bonchev–Trinajstić information content (AvgIpc) is 3.86. The standard InChI is InChI=1S/C51H31N3OS/c1-4-14-32(15-5-1)35-20-12-21-36(30-35)39-29-28-38(47-40-22-10-11-24-43(40)55-48(39)47)37-26-27-41-45(31-37)56-44-25-13-23-42(46(41)44)51-53-49(33-16-6-2-7-17-33)52-50(54-51)34-18-8-3-9-19-34/h1-31H. The molecule has 5 heteroatoms. The van der Waals surface area contributed by atoms with Crippen LogP contribution in [0, 0.1) is 0 Å². The van der Waals surface area contributed by atoms with Crippen LogP contribution in [0.3, 0.4) is 0 Å². The fourth-order valence-electron chi connectivity index (χ4n) is 7.90. The minimum atomic E-state index is 0.653. The zero-order valence-electron chi connectivity index (χ0n) is 30.1. The number of para-hydroxylation sites is 1. The van der Waals surface area contributed by atoms with Gasteiger partial charge < -0.3 is 4.42 Å². The van der Waals surface area contributed by atoms with Crippen LogP contribution in [-0.4, -0.2) is 15.0 Å². The van der Waals surface area contributed by atoms with Crippen LogP contribution in [0.1, 0.15) is 0 Å². The lowest BCUT2D eigenvalue weighted by molar-refractivity contribution is 0.670. The molecular weight excluding hydrogens is 703 g/mol. The van der Waals surface area contributed by atoms with E-state index in [9.17, 15) is 0 Å². The third-order valence-electron chi connectivity index (χ3n) is 10.6. The second-order valence-electron chi connectivity index (χ2n) is 13.9. The number of thiophene rings is 1. The van der Waals surface area contributed by atoms with E-state index >= 15 is 0 Å². The van der Waals surface area contributed by atoms with E-state index in [1.165, 1.54) is 25.9 Å². The van der Waals surface area contributed by atoms with Gasteiger partial charge in [0.2, 0.25) is 0 Å². The topological polar surface area (TPSA) is 51.8 Å². The van der Waals surface area contributed by atoms with Gasteiger partial charge >= 0.3 is 0 Å². The van der Waals surface area contributed by atoms with Crippen LogP contribution in [0.4, 0.5) is 0 Å². The zero-order chi connectivity index (χ0) is 37.0. The van der Waals surface area contributed by atoms with E-state index in [2.05, 4.69) is 121 Å². The fourth-order valence-corrected chi connectivity index (χ4v) is 9.07. The van der Waals surface area contributed by atoms with Gasteiger partial charge in [0.25, 0.3) is 0 Å². The minimum absolute atomic E-state index is 0.653. The van der Waals surface area contributed by atoms with Crippen molar-refractivity contribution in [2.75, 3.05) is 0 Å². The van der Waals surface area contributed by atoms with Crippen LogP contribution in [0.15, 0.2) is 192 Å². The Kier molecular flexibility index (Phi) is 7.64. The summed E-state index contributed by atoms with van der Waals surface area (Å²) in [4.78, 5) is 15.1. The van der Waals surface area contributed by atoms with Crippen LogP contribution in [0.25, 0.3) is 110 Å². The Labute approximate surface area is 327 Å². The SMILES string of the molecule is c1ccc(-c2cccc(-c3ccc(-c4ccc5c(c4)sc4cccc(-c6nc(-c7ccccc7)nc(-c7ccccc7)n6)c45)c4c3oc3ccccc34)c2)cc1. The summed E-state index contributed by atoms with van der Waals surface area (Å²) in [6, 6.07) is 65.6. The van der Waals surface area contributed by atoms with Gasteiger partial charge in [0.15, 0.2) is 17.5 Å². The average molecular weight is 734 g/mol. The molecule has 0 spiro atoms. The van der Waals surface area contributed by atoms with Crippen molar-refractivity contribution in [2.45, 2.75) is 0 Å². The summed E-state index contributed by atoms with van der Waals surface area (Å²) < 4.78 is 9.10. The number of aromatic nitrogens is 3. The van der Waals surface area contributed by atoms with Crippen LogP contribution < -0.4 is 0 Å². The lowest BCUT2D eigenvalue weighted by Gasteiger charge is -2.11. The molecule has 0 atom stereocenters. The van der Waals surface area contributed by atoms with Crippen molar-refractivity contribution in [1.29, 1.82) is 0 Å². The lowest BCUT2D eigenvalue weighted by Crippen LogP contribution is -2.00. The molecule has 0 radical (unpaired) electrons. The van der Waals surface area contributed by atoms with Gasteiger partial charge in [-0.2, -0.15) is 0 Å². The maximum Gasteiger partial charge on any atom is 0.164 e. The molecule has 8 aromatic carbocycles. The van der Waals surface area contributed by atoms with Gasteiger partial charge in [0.05, 0.1) is 0 Å². The molecule has 262 valence electrons. The zero-order valence-corrected chi connectivity index (χ0v) is 30.9. The molecular formula is C51H31N3OS. The summed E-state index contributed by atoms with van der Waals surface area (Å²) in [5.74, 6) is 1.96. The number of rotatable bonds is 6. The number of benzene rings is 8. The molecule has 0 aliphatic heterocycles. The molecule has 0 bridgehead atoms. The van der Waals surface area contributed by atoms with Gasteiger partial charge in [-0.05, 0) is 58.1 Å². The maximum absolute atomic E-state index is 6.71. The van der Waals surface area contributed by atoms with E-state index in [0.29, 0.717) is 17.5 Å². The van der Waals surface area contributed by atoms with Gasteiger partial charge in [-0.25, -0.2) is 15.0 Å². The summed E-state index contributed by atoms with van der Waals surface area (Å²) in [7, 11) is 0. The first-order chi connectivity index (χ1) is 27.7. The largest absolute Gasteiger partial charge is 0.455 e. The van der Waals surface area contributed by atoms with Crippen molar-refractivity contribution >= 4 is 53.4 Å². The second kappa shape index (κ2) is 13.3. The number of nitrogens with zero attached hydrogens (tertiary/aromatic N) is 3. The molecule has 0 saturated carbocycles. The Bertz CT molecular complexity index is 3180. The third kappa shape index (κ3) is 5.48. The lowest BCUT2D eigenvalue weighted by atomic mass is 9.93. The molecule has 0 amide bonds. The summed E-state index contributed by atoms with van der Waals surface area (Å²) in [6.45, 7) is 0. The summed E-state index contributed by atoms with van der Waals surface area (Å²) >= 11 is 1.80. The first-order valence-electron chi connectivity index (χ1n) is 18.7. The molecule has 56 heavy (non-hydrogen) atoms. The highest BCUT2D eigenvalue weighted by Crippen LogP contribution is 2.45. The van der Waals surface area contributed by atoms with Gasteiger partial charge in [-0.3, -0.25) is 0 Å². The number of furan rings is 1. The monoisotopic (exact) mass is 733 g/mol. The van der Waals surface area contributed by atoms with Crippen molar-refractivity contribution in [3.05, 3.63) is 188 Å². The smallest absolute Gasteiger partial charge is 0.164 e. The highest BCUT2D eigenvalue weighted by molar-refractivity contribution is 7.26. The Morgan fingerprint density at radius 2 is 0.929 bits per heavy atom. The highest BCUT2D eigenvalue weighted by Gasteiger charge is 2.20. The molecule has 0 N–H and O–H groups in total. The van der Waals surface area contributed by atoms with Gasteiger partial charge in [0.1, 0.15) is 11.2 Å². The molecule has 3 aromatic heterocycles. The Hall–Kier alpha value is -7.21. The Morgan fingerprint density at radius 1 is 0.339 bits per heavy atom. The van der Waals surface area contributed by atoms with Gasteiger partial charge in [-0.1, -0.05) is 158 Å². The van der Waals surface area contributed by atoms with Crippen molar-refractivity contribution < 1.29 is 4.42 Å². The second-order valence-corrected chi connectivity index (χ2v) is 15.0. The van der Waals surface area contributed by atoms with E-state index in [0.717, 1.165) is 66.3 Å². The molecule has 4 nitrogen and oxygen atoms in total. The third-order valence-corrected chi connectivity index (χ3v) is 11.7. The molecule has 0 saturated heterocycles. The van der Waals surface area contributed by atoms with Crippen LogP contribution in [0.5, 0.6) is 0 Å². The summed E-state index contributed by atoms with van der Waals surface area (Å²) in [6.07, 6.45) is 0. The molecule has 3 heterocycles. The number of fused-ring (bicyclic) bond motifs is 6. The maximum atomic E-state index is 6.71. The van der Waals surface area contributed by atoms with Crippen molar-refractivity contribution in [2.24, 2.45) is 0 Å². The van der Waals surface area contributed by atoms with Crippen LogP contribution >= 0.6 is 11.3 Å². The first-order valence-corrected chi connectivity index (χ1v) is 19.5. The van der Waals surface area contributed by atoms with E-state index in [-0.39, 0.29) is 0 Å². The van der Waals surface area contributed by atoms with Gasteiger partial charge in [-0.15, -0.1) is 11.3 Å². The normalized spacial score (nSPS) is 11.6. The van der Waals surface area contributed by atoms with E-state index < -0.39 is 0 Å². The summed E-state index contributed by atoms with van der Waals surface area (Å²) in [5, 5.41) is 4.55. The molecule has 0 aliphatic rings. The number of hydrogen-bond acceptors (Lipinski definition) is 5. The van der Waals surface area contributed by atoms with Crippen LogP contribution in [0.2, 0.25) is 0 Å². The number of hydrogen-bond donors (Lipinski definition) is 0. The first kappa shape index (κ1) is 32.2. The molecule has 0 aliphatic carbocycles. The molecule has 0 fully saturated rings. The minimum Gasteiger partial charge on any atom is -0.455 e. The molecule has 11 rings (SSSR count). The quantitative estimate of drug-likeness (QED) is 0.171. The Morgan fingerprint density at radius 3 is 1.68 bits per heavy atom. The van der Waals surface area contributed by atoms with E-state index in [1.807, 2.05) is 66.7 Å². The summed E-state index contributed by atoms with van der Waals surface area (Å²) in [5.41, 5.74) is 11.5. The fraction of sp³-hybridized carbons (Fsp3) is 0. The predicted octanol–water partition coefficient (Wildman–Crippen LogP) is 14.1. The van der Waals surface area contributed by atoms with Crippen molar-refractivity contribution in [1.82, 2.24) is 15.0 Å².